The smallest absolute Gasteiger partial charge is 0.272 e. The highest BCUT2D eigenvalue weighted by Gasteiger charge is 2.07. The molecule has 0 fully saturated rings. The predicted octanol–water partition coefficient (Wildman–Crippen LogP) is 3.37. The van der Waals surface area contributed by atoms with E-state index in [0.717, 1.165) is 16.5 Å². The number of hydrogen-bond acceptors (Lipinski definition) is 4. The number of aromatic nitrogens is 1. The number of fused-ring (bicyclic) bond motifs is 1. The number of carbonyl (C=O) groups excluding carboxylic acids is 2. The number of hydrogen-bond donors (Lipinski definition) is 2. The van der Waals surface area contributed by atoms with Gasteiger partial charge in [-0.15, -0.1) is 0 Å². The second-order valence-electron chi connectivity index (χ2n) is 5.82. The van der Waals surface area contributed by atoms with Crippen LogP contribution in [0.25, 0.3) is 10.8 Å². The molecule has 0 spiro atoms. The Kier molecular flexibility index (Phi) is 5.34. The number of benzene rings is 2. The van der Waals surface area contributed by atoms with Gasteiger partial charge < -0.3 is 5.32 Å². The average molecular weight is 346 g/mol. The van der Waals surface area contributed by atoms with E-state index in [1.54, 1.807) is 25.3 Å². The van der Waals surface area contributed by atoms with Gasteiger partial charge in [0, 0.05) is 23.8 Å². The lowest BCUT2D eigenvalue weighted by Crippen LogP contribution is -2.21. The first-order valence-electron chi connectivity index (χ1n) is 8.14. The molecule has 0 saturated heterocycles. The summed E-state index contributed by atoms with van der Waals surface area (Å²) >= 11 is 0. The van der Waals surface area contributed by atoms with Gasteiger partial charge in [0.25, 0.3) is 5.91 Å². The maximum absolute atomic E-state index is 12.2. The van der Waals surface area contributed by atoms with E-state index >= 15 is 0 Å². The van der Waals surface area contributed by atoms with Crippen LogP contribution in [-0.2, 0) is 4.79 Å². The summed E-state index contributed by atoms with van der Waals surface area (Å²) in [5, 5.41) is 8.97. The van der Waals surface area contributed by atoms with Crippen LogP contribution in [0.4, 0.5) is 5.69 Å². The fourth-order valence-electron chi connectivity index (χ4n) is 2.45. The molecular weight excluding hydrogens is 328 g/mol. The Bertz CT molecular complexity index is 968. The number of carbonyl (C=O) groups is 2. The minimum atomic E-state index is -0.368. The van der Waals surface area contributed by atoms with Gasteiger partial charge in [0.2, 0.25) is 5.91 Å². The van der Waals surface area contributed by atoms with Crippen LogP contribution in [0, 0.1) is 0 Å². The zero-order valence-corrected chi connectivity index (χ0v) is 14.3. The van der Waals surface area contributed by atoms with Gasteiger partial charge in [-0.3, -0.25) is 14.6 Å². The van der Waals surface area contributed by atoms with E-state index in [1.807, 2.05) is 42.5 Å². The van der Waals surface area contributed by atoms with Gasteiger partial charge in [-0.2, -0.15) is 5.10 Å². The molecule has 6 heteroatoms. The molecule has 26 heavy (non-hydrogen) atoms. The summed E-state index contributed by atoms with van der Waals surface area (Å²) in [6, 6.07) is 17.0. The molecule has 0 atom stereocenters. The van der Waals surface area contributed by atoms with Crippen LogP contribution in [0.1, 0.15) is 23.7 Å². The van der Waals surface area contributed by atoms with Crippen molar-refractivity contribution in [3.05, 3.63) is 72.6 Å². The molecule has 0 saturated carbocycles. The molecule has 3 aromatic rings. The van der Waals surface area contributed by atoms with E-state index in [9.17, 15) is 9.59 Å². The highest BCUT2D eigenvalue weighted by Crippen LogP contribution is 2.18. The van der Waals surface area contributed by atoms with Crippen molar-refractivity contribution in [2.75, 3.05) is 5.32 Å². The number of amides is 2. The van der Waals surface area contributed by atoms with E-state index in [2.05, 4.69) is 20.8 Å². The number of nitrogens with zero attached hydrogens (tertiary/aromatic N) is 2. The third-order valence-corrected chi connectivity index (χ3v) is 3.72. The molecular formula is C20H18N4O2. The van der Waals surface area contributed by atoms with Crippen LogP contribution >= 0.6 is 0 Å². The topological polar surface area (TPSA) is 83.5 Å². The van der Waals surface area contributed by atoms with Gasteiger partial charge >= 0.3 is 0 Å². The lowest BCUT2D eigenvalue weighted by molar-refractivity contribution is -0.115. The molecule has 0 radical (unpaired) electrons. The van der Waals surface area contributed by atoms with Crippen molar-refractivity contribution in [1.29, 1.82) is 0 Å². The molecule has 6 nitrogen and oxygen atoms in total. The van der Waals surface area contributed by atoms with Crippen molar-refractivity contribution < 1.29 is 9.59 Å². The maximum atomic E-state index is 12.2. The third kappa shape index (κ3) is 4.51. The normalized spacial score (nSPS) is 11.2. The second-order valence-corrected chi connectivity index (χ2v) is 5.82. The summed E-state index contributed by atoms with van der Waals surface area (Å²) < 4.78 is 0. The second kappa shape index (κ2) is 8.02. The van der Waals surface area contributed by atoms with Crippen LogP contribution in [0.5, 0.6) is 0 Å². The molecule has 0 aliphatic rings. The van der Waals surface area contributed by atoms with E-state index < -0.39 is 0 Å². The molecule has 0 aliphatic heterocycles. The van der Waals surface area contributed by atoms with Crippen molar-refractivity contribution in [3.8, 4) is 0 Å². The molecule has 1 heterocycles. The highest BCUT2D eigenvalue weighted by atomic mass is 16.2. The lowest BCUT2D eigenvalue weighted by atomic mass is 10.1. The van der Waals surface area contributed by atoms with E-state index in [0.29, 0.717) is 11.3 Å². The summed E-state index contributed by atoms with van der Waals surface area (Å²) in [5.41, 5.74) is 4.05. The minimum absolute atomic E-state index is 0.0835. The molecule has 130 valence electrons. The van der Waals surface area contributed by atoms with Gasteiger partial charge in [0.1, 0.15) is 0 Å². The Labute approximate surface area is 151 Å². The van der Waals surface area contributed by atoms with E-state index in [4.69, 9.17) is 0 Å². The lowest BCUT2D eigenvalue weighted by Gasteiger charge is -2.07. The Morgan fingerprint density at radius 1 is 1.04 bits per heavy atom. The molecule has 2 N–H and O–H groups in total. The Hall–Kier alpha value is -3.54. The summed E-state index contributed by atoms with van der Waals surface area (Å²) in [7, 11) is 0. The average Bonchev–Trinajstić information content (AvgIpc) is 2.66. The van der Waals surface area contributed by atoms with Gasteiger partial charge in [-0.05, 0) is 42.0 Å². The van der Waals surface area contributed by atoms with E-state index in [1.165, 1.54) is 6.20 Å². The minimum Gasteiger partial charge on any atom is -0.326 e. The van der Waals surface area contributed by atoms with Crippen molar-refractivity contribution in [3.63, 3.8) is 0 Å². The zero-order chi connectivity index (χ0) is 18.4. The monoisotopic (exact) mass is 346 g/mol. The van der Waals surface area contributed by atoms with Crippen molar-refractivity contribution in [2.24, 2.45) is 5.10 Å². The van der Waals surface area contributed by atoms with Crippen molar-refractivity contribution in [1.82, 2.24) is 10.4 Å². The number of nitrogens with one attached hydrogen (secondary N) is 2. The summed E-state index contributed by atoms with van der Waals surface area (Å²) in [6.45, 7) is 1.68. The summed E-state index contributed by atoms with van der Waals surface area (Å²) in [4.78, 5) is 27.9. The van der Waals surface area contributed by atoms with Gasteiger partial charge in [0.05, 0.1) is 12.0 Å². The first-order chi connectivity index (χ1) is 12.6. The van der Waals surface area contributed by atoms with Crippen molar-refractivity contribution >= 4 is 34.0 Å². The Balaban J connectivity index is 1.57. The Morgan fingerprint density at radius 2 is 1.85 bits per heavy atom. The molecule has 1 aromatic heterocycles. The number of pyridine rings is 1. The van der Waals surface area contributed by atoms with Crippen LogP contribution in [-0.4, -0.2) is 22.5 Å². The van der Waals surface area contributed by atoms with Gasteiger partial charge in [-0.25, -0.2) is 5.43 Å². The zero-order valence-electron chi connectivity index (χ0n) is 14.3. The quantitative estimate of drug-likeness (QED) is 0.549. The molecule has 0 unspecified atom stereocenters. The maximum Gasteiger partial charge on any atom is 0.272 e. The van der Waals surface area contributed by atoms with Crippen LogP contribution in [0.2, 0.25) is 0 Å². The highest BCUT2D eigenvalue weighted by molar-refractivity contribution is 6.06. The van der Waals surface area contributed by atoms with Crippen LogP contribution in [0.3, 0.4) is 0 Å². The van der Waals surface area contributed by atoms with Gasteiger partial charge in [-0.1, -0.05) is 30.3 Å². The fourth-order valence-corrected chi connectivity index (χ4v) is 2.45. The SMILES string of the molecule is CC(CC(=O)Nc1ccc2ccccc2c1)=NNC(=O)c1cccnc1. The van der Waals surface area contributed by atoms with Crippen molar-refractivity contribution in [2.45, 2.75) is 13.3 Å². The number of anilines is 1. The molecule has 2 aromatic carbocycles. The standard InChI is InChI=1S/C20H18N4O2/c1-14(23-24-20(26)17-7-4-10-21-13-17)11-19(25)22-18-9-8-15-5-2-3-6-16(15)12-18/h2-10,12-13H,11H2,1H3,(H,22,25)(H,24,26). The van der Waals surface area contributed by atoms with Gasteiger partial charge in [0.15, 0.2) is 0 Å². The Morgan fingerprint density at radius 3 is 2.62 bits per heavy atom. The number of hydrazone groups is 1. The third-order valence-electron chi connectivity index (χ3n) is 3.72. The largest absolute Gasteiger partial charge is 0.326 e. The molecule has 0 aliphatic carbocycles. The molecule has 2 amide bonds. The molecule has 3 rings (SSSR count). The van der Waals surface area contributed by atoms with E-state index in [-0.39, 0.29) is 18.2 Å². The number of rotatable bonds is 5. The first-order valence-corrected chi connectivity index (χ1v) is 8.14. The summed E-state index contributed by atoms with van der Waals surface area (Å²) in [5.74, 6) is -0.565. The first kappa shape index (κ1) is 17.3. The molecule has 0 bridgehead atoms. The van der Waals surface area contributed by atoms with Crippen LogP contribution < -0.4 is 10.7 Å². The predicted molar refractivity (Wildman–Crippen MR) is 102 cm³/mol. The fraction of sp³-hybridized carbons (Fsp3) is 0.100. The summed E-state index contributed by atoms with van der Waals surface area (Å²) in [6.07, 6.45) is 3.12. The van der Waals surface area contributed by atoms with Crippen LogP contribution in [0.15, 0.2) is 72.1 Å².